The molecule has 0 spiro atoms. The number of Topliss-reactive ketones (excluding diaryl/α,β-unsaturated/α-hetero) is 1. The summed E-state index contributed by atoms with van der Waals surface area (Å²) < 4.78 is 28.5. The van der Waals surface area contributed by atoms with Crippen LogP contribution in [0.5, 0.6) is 0 Å². The summed E-state index contributed by atoms with van der Waals surface area (Å²) in [6.07, 6.45) is 0. The molecule has 0 aliphatic rings. The Balaban J connectivity index is 1.77. The van der Waals surface area contributed by atoms with Gasteiger partial charge in [-0.15, -0.1) is 22.7 Å². The number of sulfone groups is 1. The Morgan fingerprint density at radius 2 is 1.74 bits per heavy atom. The lowest BCUT2D eigenvalue weighted by molar-refractivity contribution is 0.100. The Morgan fingerprint density at radius 1 is 1.04 bits per heavy atom. The molecule has 0 saturated carbocycles. The normalized spacial score (nSPS) is 12.9. The second kappa shape index (κ2) is 6.73. The van der Waals surface area contributed by atoms with Crippen LogP contribution in [0.1, 0.15) is 9.67 Å². The summed E-state index contributed by atoms with van der Waals surface area (Å²) in [6.45, 7) is 0. The molecule has 4 aromatic rings. The molecule has 134 valence electrons. The third kappa shape index (κ3) is 3.05. The maximum Gasteiger partial charge on any atom is 0.215 e. The first kappa shape index (κ1) is 18.1. The third-order valence-corrected chi connectivity index (χ3v) is 8.65. The molecule has 0 bridgehead atoms. The lowest BCUT2D eigenvalue weighted by atomic mass is 10.2. The molecule has 2 aromatic heterocycles. The average Bonchev–Trinajstić information content (AvgIpc) is 3.20. The van der Waals surface area contributed by atoms with Crippen LogP contribution < -0.4 is 0 Å². The Hall–Kier alpha value is -2.24. The minimum Gasteiger partial charge on any atom is -0.291 e. The van der Waals surface area contributed by atoms with Crippen LogP contribution in [0.3, 0.4) is 0 Å². The quantitative estimate of drug-likeness (QED) is 0.410. The number of fused-ring (bicyclic) bond motifs is 3. The number of carbonyl (C=O) groups excluding carboxylic acids is 1. The van der Waals surface area contributed by atoms with E-state index in [2.05, 4.69) is 0 Å². The maximum atomic E-state index is 12.9. The number of nitrogens with zero attached hydrogens (tertiary/aromatic N) is 1. The smallest absolute Gasteiger partial charge is 0.215 e. The molecule has 2 heterocycles. The van der Waals surface area contributed by atoms with Gasteiger partial charge in [0.25, 0.3) is 0 Å². The van der Waals surface area contributed by atoms with Gasteiger partial charge >= 0.3 is 0 Å². The number of rotatable bonds is 4. The monoisotopic (exact) mass is 431 g/mol. The van der Waals surface area contributed by atoms with Gasteiger partial charge in [-0.3, -0.25) is 4.79 Å². The fourth-order valence-corrected chi connectivity index (χ4v) is 6.81. The van der Waals surface area contributed by atoms with E-state index < -0.39 is 20.9 Å². The van der Waals surface area contributed by atoms with Gasteiger partial charge in [0, 0.05) is 19.8 Å². The number of hydrogen-bond donors (Lipinski definition) is 0. The first-order valence-corrected chi connectivity index (χ1v) is 11.3. The highest BCUT2D eigenvalue weighted by Gasteiger charge is 2.35. The van der Waals surface area contributed by atoms with Gasteiger partial charge in [-0.1, -0.05) is 29.8 Å². The SMILES string of the molecule is N#CC(C(=O)c1cc2sc3ccccc3c2s1)S(=O)(=O)c1ccc(Cl)cc1. The number of ketones is 1. The van der Waals surface area contributed by atoms with Crippen LogP contribution in [0.15, 0.2) is 59.5 Å². The van der Waals surface area contributed by atoms with Crippen LogP contribution in [0.4, 0.5) is 0 Å². The Morgan fingerprint density at radius 3 is 2.44 bits per heavy atom. The predicted molar refractivity (Wildman–Crippen MR) is 110 cm³/mol. The highest BCUT2D eigenvalue weighted by Crippen LogP contribution is 2.40. The van der Waals surface area contributed by atoms with Crippen LogP contribution in [-0.2, 0) is 9.84 Å². The molecule has 2 aromatic carbocycles. The molecule has 8 heteroatoms. The minimum atomic E-state index is -4.14. The molecule has 4 nitrogen and oxygen atoms in total. The van der Waals surface area contributed by atoms with E-state index in [9.17, 15) is 18.5 Å². The van der Waals surface area contributed by atoms with Gasteiger partial charge in [0.1, 0.15) is 0 Å². The van der Waals surface area contributed by atoms with Crippen LogP contribution in [0.25, 0.3) is 19.5 Å². The van der Waals surface area contributed by atoms with Gasteiger partial charge in [-0.25, -0.2) is 8.42 Å². The lowest BCUT2D eigenvalue weighted by Crippen LogP contribution is -2.28. The van der Waals surface area contributed by atoms with Crippen molar-refractivity contribution in [3.63, 3.8) is 0 Å². The van der Waals surface area contributed by atoms with Crippen molar-refractivity contribution in [2.24, 2.45) is 0 Å². The molecule has 0 fully saturated rings. The zero-order chi connectivity index (χ0) is 19.2. The first-order chi connectivity index (χ1) is 12.9. The van der Waals surface area contributed by atoms with Crippen molar-refractivity contribution < 1.29 is 13.2 Å². The summed E-state index contributed by atoms with van der Waals surface area (Å²) in [4.78, 5) is 13.0. The molecule has 4 rings (SSSR count). The molecule has 1 unspecified atom stereocenters. The summed E-state index contributed by atoms with van der Waals surface area (Å²) in [6, 6.07) is 16.6. The van der Waals surface area contributed by atoms with Crippen LogP contribution in [-0.4, -0.2) is 19.5 Å². The topological polar surface area (TPSA) is 75.0 Å². The molecule has 1 atom stereocenters. The Bertz CT molecular complexity index is 1330. The van der Waals surface area contributed by atoms with E-state index in [1.807, 2.05) is 24.3 Å². The van der Waals surface area contributed by atoms with E-state index in [1.165, 1.54) is 46.9 Å². The Kier molecular flexibility index (Phi) is 4.52. The van der Waals surface area contributed by atoms with Crippen LogP contribution in [0.2, 0.25) is 5.02 Å². The first-order valence-electron chi connectivity index (χ1n) is 7.76. The molecule has 0 saturated heterocycles. The highest BCUT2D eigenvalue weighted by atomic mass is 35.5. The second-order valence-electron chi connectivity index (χ2n) is 5.77. The van der Waals surface area contributed by atoms with Gasteiger partial charge in [-0.2, -0.15) is 5.26 Å². The third-order valence-electron chi connectivity index (χ3n) is 4.10. The number of carbonyl (C=O) groups is 1. The predicted octanol–water partition coefficient (Wildman–Crippen LogP) is 5.32. The van der Waals surface area contributed by atoms with E-state index in [0.29, 0.717) is 5.02 Å². The van der Waals surface area contributed by atoms with Crippen molar-refractivity contribution in [2.75, 3.05) is 0 Å². The number of halogens is 1. The molecule has 0 N–H and O–H groups in total. The van der Waals surface area contributed by atoms with Gasteiger partial charge in [0.2, 0.25) is 20.9 Å². The summed E-state index contributed by atoms with van der Waals surface area (Å²) in [5.74, 6) is -0.704. The number of nitriles is 1. The molecule has 27 heavy (non-hydrogen) atoms. The molecule has 0 aliphatic carbocycles. The van der Waals surface area contributed by atoms with E-state index in [-0.39, 0.29) is 9.77 Å². The fraction of sp³-hybridized carbons (Fsp3) is 0.0526. The van der Waals surface area contributed by atoms with Crippen molar-refractivity contribution in [3.05, 3.63) is 64.5 Å². The zero-order valence-electron chi connectivity index (χ0n) is 13.5. The second-order valence-corrected chi connectivity index (χ2v) is 10.4. The number of benzene rings is 2. The van der Waals surface area contributed by atoms with E-state index in [4.69, 9.17) is 11.6 Å². The molecular formula is C19H10ClNO3S3. The van der Waals surface area contributed by atoms with Crippen molar-refractivity contribution in [2.45, 2.75) is 10.1 Å². The van der Waals surface area contributed by atoms with Gasteiger partial charge < -0.3 is 0 Å². The van der Waals surface area contributed by atoms with E-state index in [0.717, 1.165) is 19.5 Å². The van der Waals surface area contributed by atoms with Crippen LogP contribution in [0, 0.1) is 11.3 Å². The van der Waals surface area contributed by atoms with Gasteiger partial charge in [0.05, 0.1) is 20.5 Å². The molecule has 0 aliphatic heterocycles. The maximum absolute atomic E-state index is 12.9. The van der Waals surface area contributed by atoms with Crippen molar-refractivity contribution in [3.8, 4) is 6.07 Å². The zero-order valence-corrected chi connectivity index (χ0v) is 16.8. The largest absolute Gasteiger partial charge is 0.291 e. The van der Waals surface area contributed by atoms with Gasteiger partial charge in [0.15, 0.2) is 0 Å². The molecular weight excluding hydrogens is 422 g/mol. The summed E-state index contributed by atoms with van der Waals surface area (Å²) in [7, 11) is -4.14. The lowest BCUT2D eigenvalue weighted by Gasteiger charge is -2.09. The number of hydrogen-bond acceptors (Lipinski definition) is 6. The van der Waals surface area contributed by atoms with Gasteiger partial charge in [-0.05, 0) is 36.4 Å². The van der Waals surface area contributed by atoms with E-state index in [1.54, 1.807) is 12.1 Å². The summed E-state index contributed by atoms with van der Waals surface area (Å²) in [5, 5.41) is 9.04. The molecule has 0 radical (unpaired) electrons. The van der Waals surface area contributed by atoms with Crippen molar-refractivity contribution in [1.29, 1.82) is 5.26 Å². The summed E-state index contributed by atoms with van der Waals surface area (Å²) >= 11 is 8.55. The van der Waals surface area contributed by atoms with Crippen LogP contribution >= 0.6 is 34.3 Å². The molecule has 0 amide bonds. The average molecular weight is 432 g/mol. The standard InChI is InChI=1S/C19H10ClNO3S3/c20-11-5-7-12(8-6-11)27(23,24)17(10-21)18(22)15-9-16-19(26-15)13-3-1-2-4-14(13)25-16/h1-9,17H. The van der Waals surface area contributed by atoms with Crippen molar-refractivity contribution >= 4 is 69.4 Å². The summed E-state index contributed by atoms with van der Waals surface area (Å²) in [5.41, 5.74) is 0. The number of thiophene rings is 2. The minimum absolute atomic E-state index is 0.101. The van der Waals surface area contributed by atoms with E-state index >= 15 is 0 Å². The fourth-order valence-electron chi connectivity index (χ4n) is 2.78. The Labute approximate surface area is 168 Å². The highest BCUT2D eigenvalue weighted by molar-refractivity contribution is 7.93. The van der Waals surface area contributed by atoms with Crippen molar-refractivity contribution in [1.82, 2.24) is 0 Å².